The predicted molar refractivity (Wildman–Crippen MR) is 76.6 cm³/mol. The van der Waals surface area contributed by atoms with Crippen molar-refractivity contribution in [3.63, 3.8) is 0 Å². The summed E-state index contributed by atoms with van der Waals surface area (Å²) in [7, 11) is 0. The number of pyridine rings is 2. The molecule has 0 aliphatic rings. The Labute approximate surface area is 116 Å². The molecule has 2 heterocycles. The first-order valence-corrected chi connectivity index (χ1v) is 6.27. The van der Waals surface area contributed by atoms with Crippen molar-refractivity contribution in [2.24, 2.45) is 0 Å². The van der Waals surface area contributed by atoms with Gasteiger partial charge in [-0.05, 0) is 24.1 Å². The number of anilines is 2. The highest BCUT2D eigenvalue weighted by atomic mass is 16.4. The first-order valence-electron chi connectivity index (χ1n) is 6.27. The van der Waals surface area contributed by atoms with Gasteiger partial charge in [-0.25, -0.2) is 9.78 Å². The highest BCUT2D eigenvalue weighted by Crippen LogP contribution is 2.17. The molecule has 6 heteroatoms. The lowest BCUT2D eigenvalue weighted by molar-refractivity contribution is 0.0697. The molecule has 0 aliphatic carbocycles. The molecule has 0 fully saturated rings. The van der Waals surface area contributed by atoms with Gasteiger partial charge >= 0.3 is 5.97 Å². The van der Waals surface area contributed by atoms with Crippen LogP contribution in [0.1, 0.15) is 28.5 Å². The third-order valence-electron chi connectivity index (χ3n) is 2.93. The number of hydrogen-bond acceptors (Lipinski definition) is 5. The van der Waals surface area contributed by atoms with Gasteiger partial charge in [0.1, 0.15) is 11.4 Å². The van der Waals surface area contributed by atoms with Gasteiger partial charge in [0, 0.05) is 6.20 Å². The lowest BCUT2D eigenvalue weighted by Gasteiger charge is -2.11. The maximum Gasteiger partial charge on any atom is 0.339 e. The van der Waals surface area contributed by atoms with Crippen molar-refractivity contribution in [1.29, 1.82) is 0 Å². The molecule has 2 aromatic rings. The van der Waals surface area contributed by atoms with E-state index in [9.17, 15) is 4.79 Å². The van der Waals surface area contributed by atoms with Crippen LogP contribution < -0.4 is 11.1 Å². The number of carbonyl (C=O) groups is 1. The quantitative estimate of drug-likeness (QED) is 0.768. The maximum absolute atomic E-state index is 11.2. The first-order chi connectivity index (χ1) is 9.61. The van der Waals surface area contributed by atoms with Crippen LogP contribution in [0.5, 0.6) is 0 Å². The molecule has 0 aromatic carbocycles. The van der Waals surface area contributed by atoms with Crippen LogP contribution in [0.15, 0.2) is 30.6 Å². The second-order valence-electron chi connectivity index (χ2n) is 4.29. The normalized spacial score (nSPS) is 10.2. The van der Waals surface area contributed by atoms with E-state index >= 15 is 0 Å². The molecule has 0 saturated carbocycles. The van der Waals surface area contributed by atoms with E-state index in [1.54, 1.807) is 6.20 Å². The molecule has 0 radical (unpaired) electrons. The summed E-state index contributed by atoms with van der Waals surface area (Å²) in [6.45, 7) is 2.46. The van der Waals surface area contributed by atoms with Gasteiger partial charge in [-0.2, -0.15) is 0 Å². The van der Waals surface area contributed by atoms with Crippen molar-refractivity contribution in [1.82, 2.24) is 9.97 Å². The van der Waals surface area contributed by atoms with Crippen LogP contribution in [0, 0.1) is 0 Å². The summed E-state index contributed by atoms with van der Waals surface area (Å²) in [6, 6.07) is 5.27. The van der Waals surface area contributed by atoms with Crippen LogP contribution >= 0.6 is 0 Å². The molecule has 2 aromatic heterocycles. The third kappa shape index (κ3) is 3.03. The monoisotopic (exact) mass is 272 g/mol. The minimum atomic E-state index is -1.07. The van der Waals surface area contributed by atoms with E-state index in [1.165, 1.54) is 12.3 Å². The topological polar surface area (TPSA) is 101 Å². The molecular formula is C14H16N4O2. The third-order valence-corrected chi connectivity index (χ3v) is 2.93. The minimum Gasteiger partial charge on any atom is -0.478 e. The van der Waals surface area contributed by atoms with Gasteiger partial charge in [-0.3, -0.25) is 4.98 Å². The molecule has 0 amide bonds. The van der Waals surface area contributed by atoms with Gasteiger partial charge in [-0.15, -0.1) is 0 Å². The van der Waals surface area contributed by atoms with Crippen LogP contribution in [0.2, 0.25) is 0 Å². The number of carboxylic acid groups (broad SMARTS) is 1. The number of aromatic carboxylic acids is 1. The highest BCUT2D eigenvalue weighted by Gasteiger charge is 2.12. The van der Waals surface area contributed by atoms with Crippen molar-refractivity contribution in [2.45, 2.75) is 19.9 Å². The summed E-state index contributed by atoms with van der Waals surface area (Å²) >= 11 is 0. The zero-order valence-electron chi connectivity index (χ0n) is 11.1. The number of nitrogens with zero attached hydrogens (tertiary/aromatic N) is 2. The fourth-order valence-corrected chi connectivity index (χ4v) is 1.90. The molecule has 0 bridgehead atoms. The number of carboxylic acids is 1. The van der Waals surface area contributed by atoms with Crippen molar-refractivity contribution >= 4 is 17.5 Å². The standard InChI is InChI=1S/C14H16N4O2/c1-2-9-4-3-5-16-12(9)8-18-13-11(14(19)20)6-10(15)7-17-13/h3-7H,2,8,15H2,1H3,(H,17,18)(H,19,20). The van der Waals surface area contributed by atoms with Gasteiger partial charge in [-0.1, -0.05) is 13.0 Å². The van der Waals surface area contributed by atoms with Gasteiger partial charge in [0.05, 0.1) is 24.1 Å². The van der Waals surface area contributed by atoms with Gasteiger partial charge in [0.2, 0.25) is 0 Å². The second-order valence-corrected chi connectivity index (χ2v) is 4.29. The molecule has 2 rings (SSSR count). The average Bonchev–Trinajstić information content (AvgIpc) is 2.46. The van der Waals surface area contributed by atoms with Gasteiger partial charge < -0.3 is 16.2 Å². The van der Waals surface area contributed by atoms with Crippen LogP contribution in [0.3, 0.4) is 0 Å². The zero-order valence-corrected chi connectivity index (χ0v) is 11.1. The fourth-order valence-electron chi connectivity index (χ4n) is 1.90. The first kappa shape index (κ1) is 13.8. The summed E-state index contributed by atoms with van der Waals surface area (Å²) in [5, 5.41) is 12.1. The van der Waals surface area contributed by atoms with Crippen LogP contribution in [0.4, 0.5) is 11.5 Å². The molecule has 0 saturated heterocycles. The molecule has 0 atom stereocenters. The number of aromatic nitrogens is 2. The van der Waals surface area contributed by atoms with Crippen LogP contribution in [-0.2, 0) is 13.0 Å². The van der Waals surface area contributed by atoms with E-state index in [0.29, 0.717) is 18.1 Å². The zero-order chi connectivity index (χ0) is 14.5. The Morgan fingerprint density at radius 2 is 2.25 bits per heavy atom. The number of rotatable bonds is 5. The SMILES string of the molecule is CCc1cccnc1CNc1ncc(N)cc1C(=O)O. The molecule has 0 spiro atoms. The minimum absolute atomic E-state index is 0.0546. The number of aryl methyl sites for hydroxylation is 1. The number of nitrogen functional groups attached to an aromatic ring is 1. The van der Waals surface area contributed by atoms with Crippen LogP contribution in [-0.4, -0.2) is 21.0 Å². The highest BCUT2D eigenvalue weighted by molar-refractivity contribution is 5.94. The Bertz CT molecular complexity index is 628. The van der Waals surface area contributed by atoms with Crippen LogP contribution in [0.25, 0.3) is 0 Å². The van der Waals surface area contributed by atoms with E-state index in [4.69, 9.17) is 10.8 Å². The van der Waals surface area contributed by atoms with E-state index in [-0.39, 0.29) is 5.56 Å². The van der Waals surface area contributed by atoms with Crippen molar-refractivity contribution < 1.29 is 9.90 Å². The lowest BCUT2D eigenvalue weighted by atomic mass is 10.1. The molecule has 4 N–H and O–H groups in total. The Kier molecular flexibility index (Phi) is 4.14. The van der Waals surface area contributed by atoms with E-state index in [1.807, 2.05) is 19.1 Å². The second kappa shape index (κ2) is 6.01. The van der Waals surface area contributed by atoms with E-state index in [0.717, 1.165) is 17.7 Å². The molecule has 0 unspecified atom stereocenters. The largest absolute Gasteiger partial charge is 0.478 e. The summed E-state index contributed by atoms with van der Waals surface area (Å²) in [4.78, 5) is 19.5. The maximum atomic E-state index is 11.2. The summed E-state index contributed by atoms with van der Waals surface area (Å²) in [5.74, 6) is -0.775. The van der Waals surface area contributed by atoms with Gasteiger partial charge in [0.25, 0.3) is 0 Å². The summed E-state index contributed by atoms with van der Waals surface area (Å²) in [5.41, 5.74) is 7.92. The van der Waals surface area contributed by atoms with E-state index in [2.05, 4.69) is 15.3 Å². The predicted octanol–water partition coefficient (Wildman–Crippen LogP) is 1.93. The molecule has 6 nitrogen and oxygen atoms in total. The van der Waals surface area contributed by atoms with Crippen molar-refractivity contribution in [3.8, 4) is 0 Å². The Morgan fingerprint density at radius 1 is 1.45 bits per heavy atom. The molecule has 20 heavy (non-hydrogen) atoms. The Balaban J connectivity index is 2.21. The van der Waals surface area contributed by atoms with E-state index < -0.39 is 5.97 Å². The lowest BCUT2D eigenvalue weighted by Crippen LogP contribution is -2.11. The van der Waals surface area contributed by atoms with Crippen molar-refractivity contribution in [2.75, 3.05) is 11.1 Å². The fraction of sp³-hybridized carbons (Fsp3) is 0.214. The van der Waals surface area contributed by atoms with Gasteiger partial charge in [0.15, 0.2) is 0 Å². The Morgan fingerprint density at radius 3 is 2.95 bits per heavy atom. The number of hydrogen-bond donors (Lipinski definition) is 3. The Hall–Kier alpha value is -2.63. The molecule has 104 valence electrons. The number of nitrogens with one attached hydrogen (secondary N) is 1. The van der Waals surface area contributed by atoms with Crippen molar-refractivity contribution in [3.05, 3.63) is 47.4 Å². The summed E-state index contributed by atoms with van der Waals surface area (Å²) < 4.78 is 0. The average molecular weight is 272 g/mol. The summed E-state index contributed by atoms with van der Waals surface area (Å²) in [6.07, 6.45) is 4.00. The molecular weight excluding hydrogens is 256 g/mol. The smallest absolute Gasteiger partial charge is 0.339 e. The number of nitrogens with two attached hydrogens (primary N) is 1. The molecule has 0 aliphatic heterocycles.